The Morgan fingerprint density at radius 1 is 1.45 bits per heavy atom. The Hall–Kier alpha value is -0.390. The molecule has 0 aromatic carbocycles. The van der Waals surface area contributed by atoms with Crippen LogP contribution in [0.3, 0.4) is 0 Å². The number of nitrogens with zero attached hydrogens (tertiary/aromatic N) is 3. The van der Waals surface area contributed by atoms with Crippen LogP contribution in [0, 0.1) is 12.8 Å². The lowest BCUT2D eigenvalue weighted by atomic mass is 9.98. The van der Waals surface area contributed by atoms with E-state index in [0.29, 0.717) is 18.0 Å². The molecule has 0 aliphatic carbocycles. The molecule has 0 spiro atoms. The zero-order chi connectivity index (χ0) is 14.9. The van der Waals surface area contributed by atoms with Crippen molar-refractivity contribution in [3.63, 3.8) is 0 Å². The number of aromatic nitrogens is 2. The molecule has 1 aliphatic heterocycles. The molecule has 2 atom stereocenters. The normalized spacial score (nSPS) is 24.6. The lowest BCUT2D eigenvalue weighted by Gasteiger charge is -2.41. The molecule has 0 saturated carbocycles. The SMILES string of the molecule is CCC1CNC(C(C)C)CN1Cc1c(Br)c(C)nn1C. The highest BCUT2D eigenvalue weighted by Gasteiger charge is 2.29. The van der Waals surface area contributed by atoms with Crippen molar-refractivity contribution < 1.29 is 0 Å². The summed E-state index contributed by atoms with van der Waals surface area (Å²) in [5, 5.41) is 8.20. The number of hydrogen-bond donors (Lipinski definition) is 1. The third kappa shape index (κ3) is 3.26. The number of rotatable bonds is 4. The van der Waals surface area contributed by atoms with E-state index in [1.807, 2.05) is 11.7 Å². The lowest BCUT2D eigenvalue weighted by molar-refractivity contribution is 0.100. The van der Waals surface area contributed by atoms with Crippen LogP contribution in [0.15, 0.2) is 4.47 Å². The van der Waals surface area contributed by atoms with E-state index in [1.54, 1.807) is 0 Å². The molecular weight excluding hydrogens is 316 g/mol. The molecule has 5 heteroatoms. The Morgan fingerprint density at radius 2 is 2.15 bits per heavy atom. The van der Waals surface area contributed by atoms with Gasteiger partial charge in [-0.3, -0.25) is 9.58 Å². The lowest BCUT2D eigenvalue weighted by Crippen LogP contribution is -2.57. The van der Waals surface area contributed by atoms with Crippen LogP contribution in [-0.2, 0) is 13.6 Å². The maximum Gasteiger partial charge on any atom is 0.0739 e. The van der Waals surface area contributed by atoms with Gasteiger partial charge in [0.1, 0.15) is 0 Å². The molecule has 2 unspecified atom stereocenters. The second kappa shape index (κ2) is 6.58. The predicted octanol–water partition coefficient (Wildman–Crippen LogP) is 2.70. The van der Waals surface area contributed by atoms with E-state index >= 15 is 0 Å². The first-order valence-corrected chi connectivity index (χ1v) is 8.38. The molecule has 2 heterocycles. The minimum Gasteiger partial charge on any atom is -0.311 e. The zero-order valence-corrected chi connectivity index (χ0v) is 14.9. The summed E-state index contributed by atoms with van der Waals surface area (Å²) < 4.78 is 3.17. The summed E-state index contributed by atoms with van der Waals surface area (Å²) in [6.07, 6.45) is 1.19. The average Bonchev–Trinajstić information content (AvgIpc) is 2.65. The Bertz CT molecular complexity index is 455. The van der Waals surface area contributed by atoms with E-state index in [9.17, 15) is 0 Å². The molecular formula is C15H27BrN4. The Kier molecular flexibility index (Phi) is 5.26. The van der Waals surface area contributed by atoms with Crippen molar-refractivity contribution in [3.8, 4) is 0 Å². The van der Waals surface area contributed by atoms with Gasteiger partial charge >= 0.3 is 0 Å². The van der Waals surface area contributed by atoms with Gasteiger partial charge in [0, 0.05) is 38.8 Å². The molecule has 2 rings (SSSR count). The van der Waals surface area contributed by atoms with Gasteiger partial charge in [-0.15, -0.1) is 0 Å². The summed E-state index contributed by atoms with van der Waals surface area (Å²) in [5.41, 5.74) is 2.36. The second-order valence-corrected chi connectivity index (χ2v) is 7.01. The molecule has 1 aromatic rings. The number of aryl methyl sites for hydroxylation is 2. The summed E-state index contributed by atoms with van der Waals surface area (Å²) >= 11 is 3.69. The zero-order valence-electron chi connectivity index (χ0n) is 13.3. The van der Waals surface area contributed by atoms with E-state index in [-0.39, 0.29) is 0 Å². The van der Waals surface area contributed by atoms with Gasteiger partial charge in [-0.2, -0.15) is 5.10 Å². The van der Waals surface area contributed by atoms with Gasteiger partial charge in [-0.05, 0) is 35.2 Å². The standard InChI is InChI=1S/C15H27BrN4/c1-6-12-7-17-13(10(2)3)8-20(12)9-14-15(16)11(4)18-19(14)5/h10,12-13,17H,6-9H2,1-5H3. The van der Waals surface area contributed by atoms with Crippen LogP contribution in [-0.4, -0.2) is 39.9 Å². The van der Waals surface area contributed by atoms with Crippen molar-refractivity contribution in [2.75, 3.05) is 13.1 Å². The van der Waals surface area contributed by atoms with Gasteiger partial charge in [-0.1, -0.05) is 20.8 Å². The monoisotopic (exact) mass is 342 g/mol. The van der Waals surface area contributed by atoms with Gasteiger partial charge in [-0.25, -0.2) is 0 Å². The van der Waals surface area contributed by atoms with Crippen molar-refractivity contribution >= 4 is 15.9 Å². The molecule has 4 nitrogen and oxygen atoms in total. The highest BCUT2D eigenvalue weighted by atomic mass is 79.9. The summed E-state index contributed by atoms with van der Waals surface area (Å²) in [6, 6.07) is 1.21. The topological polar surface area (TPSA) is 33.1 Å². The van der Waals surface area contributed by atoms with Gasteiger partial charge in [0.25, 0.3) is 0 Å². The highest BCUT2D eigenvalue weighted by molar-refractivity contribution is 9.10. The molecule has 1 fully saturated rings. The number of nitrogens with one attached hydrogen (secondary N) is 1. The molecule has 114 valence electrons. The van der Waals surface area contributed by atoms with Gasteiger partial charge in [0.05, 0.1) is 15.9 Å². The Morgan fingerprint density at radius 3 is 2.65 bits per heavy atom. The van der Waals surface area contributed by atoms with Crippen LogP contribution in [0.2, 0.25) is 0 Å². The summed E-state index contributed by atoms with van der Waals surface area (Å²) in [7, 11) is 2.04. The summed E-state index contributed by atoms with van der Waals surface area (Å²) in [6.45, 7) is 12.1. The number of halogens is 1. The van der Waals surface area contributed by atoms with E-state index in [0.717, 1.165) is 29.8 Å². The molecule has 0 amide bonds. The van der Waals surface area contributed by atoms with Crippen molar-refractivity contribution in [2.24, 2.45) is 13.0 Å². The van der Waals surface area contributed by atoms with Gasteiger partial charge in [0.15, 0.2) is 0 Å². The smallest absolute Gasteiger partial charge is 0.0739 e. The molecule has 20 heavy (non-hydrogen) atoms. The average molecular weight is 343 g/mol. The van der Waals surface area contributed by atoms with Crippen LogP contribution in [0.25, 0.3) is 0 Å². The van der Waals surface area contributed by atoms with Crippen LogP contribution in [0.5, 0.6) is 0 Å². The molecule has 1 aromatic heterocycles. The van der Waals surface area contributed by atoms with Crippen molar-refractivity contribution in [3.05, 3.63) is 15.9 Å². The third-order valence-electron chi connectivity index (χ3n) is 4.45. The number of piperazine rings is 1. The quantitative estimate of drug-likeness (QED) is 0.913. The third-order valence-corrected chi connectivity index (χ3v) is 5.49. The fraction of sp³-hybridized carbons (Fsp3) is 0.800. The first-order chi connectivity index (χ1) is 9.43. The Balaban J connectivity index is 2.15. The number of hydrogen-bond acceptors (Lipinski definition) is 3. The fourth-order valence-electron chi connectivity index (χ4n) is 2.97. The van der Waals surface area contributed by atoms with Crippen molar-refractivity contribution in [1.82, 2.24) is 20.0 Å². The fourth-order valence-corrected chi connectivity index (χ4v) is 3.43. The minimum absolute atomic E-state index is 0.589. The van der Waals surface area contributed by atoms with Gasteiger partial charge in [0.2, 0.25) is 0 Å². The van der Waals surface area contributed by atoms with Crippen molar-refractivity contribution in [1.29, 1.82) is 0 Å². The predicted molar refractivity (Wildman–Crippen MR) is 86.8 cm³/mol. The van der Waals surface area contributed by atoms with E-state index in [2.05, 4.69) is 58.9 Å². The maximum atomic E-state index is 4.51. The second-order valence-electron chi connectivity index (χ2n) is 6.22. The Labute approximate surface area is 131 Å². The highest BCUT2D eigenvalue weighted by Crippen LogP contribution is 2.24. The summed E-state index contributed by atoms with van der Waals surface area (Å²) in [5.74, 6) is 0.673. The minimum atomic E-state index is 0.589. The van der Waals surface area contributed by atoms with E-state index < -0.39 is 0 Å². The molecule has 1 saturated heterocycles. The van der Waals surface area contributed by atoms with Crippen molar-refractivity contribution in [2.45, 2.75) is 52.7 Å². The van der Waals surface area contributed by atoms with Crippen LogP contribution in [0.1, 0.15) is 38.6 Å². The first kappa shape index (κ1) is 16.0. The summed E-state index contributed by atoms with van der Waals surface area (Å²) in [4.78, 5) is 2.61. The first-order valence-electron chi connectivity index (χ1n) is 7.59. The largest absolute Gasteiger partial charge is 0.311 e. The van der Waals surface area contributed by atoms with E-state index in [1.165, 1.54) is 12.1 Å². The van der Waals surface area contributed by atoms with Gasteiger partial charge < -0.3 is 5.32 Å². The molecule has 1 N–H and O–H groups in total. The maximum absolute atomic E-state index is 4.51. The molecule has 1 aliphatic rings. The van der Waals surface area contributed by atoms with Crippen LogP contribution >= 0.6 is 15.9 Å². The molecule has 0 bridgehead atoms. The van der Waals surface area contributed by atoms with E-state index in [4.69, 9.17) is 0 Å². The molecule has 0 radical (unpaired) electrons. The van der Waals surface area contributed by atoms with Crippen LogP contribution < -0.4 is 5.32 Å². The van der Waals surface area contributed by atoms with Crippen LogP contribution in [0.4, 0.5) is 0 Å².